The first kappa shape index (κ1) is 18.1. The van der Waals surface area contributed by atoms with Crippen LogP contribution in [0.4, 0.5) is 0 Å². The number of fused-ring (bicyclic) bond motifs is 2. The lowest BCUT2D eigenvalue weighted by Gasteiger charge is -2.17. The van der Waals surface area contributed by atoms with E-state index >= 15 is 0 Å². The van der Waals surface area contributed by atoms with Crippen molar-refractivity contribution in [2.24, 2.45) is 5.10 Å². The van der Waals surface area contributed by atoms with Crippen molar-refractivity contribution in [3.05, 3.63) is 75.7 Å². The lowest BCUT2D eigenvalue weighted by atomic mass is 9.90. The van der Waals surface area contributed by atoms with Gasteiger partial charge in [0.15, 0.2) is 5.69 Å². The average molecular weight is 374 g/mol. The third kappa shape index (κ3) is 3.45. The van der Waals surface area contributed by atoms with Crippen LogP contribution in [0.25, 0.3) is 10.8 Å². The van der Waals surface area contributed by atoms with E-state index in [9.17, 15) is 9.59 Å². The van der Waals surface area contributed by atoms with Gasteiger partial charge in [0.1, 0.15) is 0 Å². The maximum absolute atomic E-state index is 12.8. The van der Waals surface area contributed by atoms with Gasteiger partial charge in [0.25, 0.3) is 11.5 Å². The largest absolute Gasteiger partial charge is 0.292 e. The van der Waals surface area contributed by atoms with Gasteiger partial charge in [-0.1, -0.05) is 49.4 Å². The smallest absolute Gasteiger partial charge is 0.267 e. The standard InChI is InChI=1S/C22H22N4O2/c1-2-13-26-22(28)19-10-6-5-9-18(19)20(25-26)21(27)24-23-17-12-11-15-7-3-4-8-16(15)14-17/h3-10H,2,11-14H2,1H3,(H,24,27)/b23-17-. The zero-order valence-corrected chi connectivity index (χ0v) is 15.8. The van der Waals surface area contributed by atoms with E-state index in [1.165, 1.54) is 15.8 Å². The quantitative estimate of drug-likeness (QED) is 0.713. The van der Waals surface area contributed by atoms with Gasteiger partial charge in [0, 0.05) is 24.1 Å². The molecule has 0 aliphatic heterocycles. The molecule has 1 N–H and O–H groups in total. The lowest BCUT2D eigenvalue weighted by Crippen LogP contribution is -2.29. The van der Waals surface area contributed by atoms with E-state index < -0.39 is 5.91 Å². The fourth-order valence-corrected chi connectivity index (χ4v) is 3.61. The van der Waals surface area contributed by atoms with Crippen LogP contribution < -0.4 is 11.0 Å². The van der Waals surface area contributed by atoms with E-state index in [-0.39, 0.29) is 11.3 Å². The number of benzene rings is 2. The SMILES string of the molecule is CCCn1nc(C(=O)N/N=C2/CCc3ccccc3C2)c2ccccc2c1=O. The summed E-state index contributed by atoms with van der Waals surface area (Å²) in [4.78, 5) is 25.4. The van der Waals surface area contributed by atoms with Crippen LogP contribution in [-0.2, 0) is 19.4 Å². The van der Waals surface area contributed by atoms with Gasteiger partial charge in [0.2, 0.25) is 0 Å². The summed E-state index contributed by atoms with van der Waals surface area (Å²) in [5, 5.41) is 9.71. The van der Waals surface area contributed by atoms with Gasteiger partial charge >= 0.3 is 0 Å². The molecule has 3 aromatic rings. The summed E-state index contributed by atoms with van der Waals surface area (Å²) in [6.45, 7) is 2.44. The van der Waals surface area contributed by atoms with Crippen molar-refractivity contribution in [1.82, 2.24) is 15.2 Å². The summed E-state index contributed by atoms with van der Waals surface area (Å²) >= 11 is 0. The Bertz CT molecular complexity index is 1130. The van der Waals surface area contributed by atoms with Crippen molar-refractivity contribution in [2.45, 2.75) is 39.2 Å². The van der Waals surface area contributed by atoms with Gasteiger partial charge in [-0.2, -0.15) is 10.2 Å². The molecule has 28 heavy (non-hydrogen) atoms. The van der Waals surface area contributed by atoms with Crippen molar-refractivity contribution in [1.29, 1.82) is 0 Å². The normalized spacial score (nSPS) is 14.8. The molecule has 4 rings (SSSR count). The van der Waals surface area contributed by atoms with Crippen LogP contribution in [0.1, 0.15) is 41.4 Å². The molecule has 142 valence electrons. The van der Waals surface area contributed by atoms with Crippen LogP contribution in [0.5, 0.6) is 0 Å². The van der Waals surface area contributed by atoms with Gasteiger partial charge in [-0.05, 0) is 36.5 Å². The molecule has 0 atom stereocenters. The van der Waals surface area contributed by atoms with Crippen LogP contribution in [-0.4, -0.2) is 21.4 Å². The van der Waals surface area contributed by atoms with E-state index in [2.05, 4.69) is 27.8 Å². The van der Waals surface area contributed by atoms with E-state index in [4.69, 9.17) is 0 Å². The van der Waals surface area contributed by atoms with E-state index in [0.29, 0.717) is 17.3 Å². The molecule has 0 unspecified atom stereocenters. The molecule has 1 heterocycles. The highest BCUT2D eigenvalue weighted by Gasteiger charge is 2.18. The van der Waals surface area contributed by atoms with Crippen LogP contribution in [0, 0.1) is 0 Å². The van der Waals surface area contributed by atoms with Gasteiger partial charge in [-0.3, -0.25) is 9.59 Å². The number of nitrogens with zero attached hydrogens (tertiary/aromatic N) is 3. The molecule has 1 aliphatic rings. The molecule has 0 bridgehead atoms. The van der Waals surface area contributed by atoms with Crippen LogP contribution in [0.15, 0.2) is 58.4 Å². The predicted octanol–water partition coefficient (Wildman–Crippen LogP) is 3.08. The molecule has 2 aromatic carbocycles. The fourth-order valence-electron chi connectivity index (χ4n) is 3.61. The number of hydrogen-bond donors (Lipinski definition) is 1. The van der Waals surface area contributed by atoms with Gasteiger partial charge in [-0.15, -0.1) is 0 Å². The summed E-state index contributed by atoms with van der Waals surface area (Å²) in [5.41, 5.74) is 6.24. The molecule has 6 nitrogen and oxygen atoms in total. The number of carbonyl (C=O) groups excluding carboxylic acids is 1. The Hall–Kier alpha value is -3.28. The number of hydrogen-bond acceptors (Lipinski definition) is 4. The van der Waals surface area contributed by atoms with Gasteiger partial charge in [0.05, 0.1) is 5.39 Å². The number of nitrogens with one attached hydrogen (secondary N) is 1. The molecular weight excluding hydrogens is 352 g/mol. The highest BCUT2D eigenvalue weighted by atomic mass is 16.2. The minimum atomic E-state index is -0.396. The summed E-state index contributed by atoms with van der Waals surface area (Å²) in [6.07, 6.45) is 3.24. The average Bonchev–Trinajstić information content (AvgIpc) is 2.74. The number of carbonyl (C=O) groups is 1. The van der Waals surface area contributed by atoms with Crippen molar-refractivity contribution >= 4 is 22.4 Å². The molecule has 0 saturated heterocycles. The van der Waals surface area contributed by atoms with Crippen LogP contribution in [0.3, 0.4) is 0 Å². The van der Waals surface area contributed by atoms with E-state index in [1.807, 2.05) is 19.1 Å². The second-order valence-corrected chi connectivity index (χ2v) is 6.99. The number of rotatable bonds is 4. The summed E-state index contributed by atoms with van der Waals surface area (Å²) in [5.74, 6) is -0.396. The molecule has 1 aliphatic carbocycles. The van der Waals surface area contributed by atoms with Gasteiger partial charge < -0.3 is 0 Å². The highest BCUT2D eigenvalue weighted by molar-refractivity contribution is 6.05. The Labute approximate surface area is 162 Å². The summed E-state index contributed by atoms with van der Waals surface area (Å²) < 4.78 is 1.36. The molecule has 0 saturated carbocycles. The zero-order chi connectivity index (χ0) is 19.5. The highest BCUT2D eigenvalue weighted by Crippen LogP contribution is 2.19. The first-order chi connectivity index (χ1) is 13.7. The van der Waals surface area contributed by atoms with Crippen molar-refractivity contribution in [3.63, 3.8) is 0 Å². The molecule has 1 aromatic heterocycles. The topological polar surface area (TPSA) is 76.3 Å². The maximum atomic E-state index is 12.8. The molecular formula is C22H22N4O2. The van der Waals surface area contributed by atoms with Crippen LogP contribution >= 0.6 is 0 Å². The Balaban J connectivity index is 1.63. The molecule has 0 radical (unpaired) electrons. The number of hydrazone groups is 1. The maximum Gasteiger partial charge on any atom is 0.292 e. The minimum Gasteiger partial charge on any atom is -0.267 e. The van der Waals surface area contributed by atoms with Crippen molar-refractivity contribution in [2.75, 3.05) is 0 Å². The van der Waals surface area contributed by atoms with Crippen molar-refractivity contribution in [3.8, 4) is 0 Å². The third-order valence-corrected chi connectivity index (χ3v) is 5.03. The molecule has 6 heteroatoms. The molecule has 1 amide bonds. The number of aryl methyl sites for hydroxylation is 2. The Morgan fingerprint density at radius 1 is 1.07 bits per heavy atom. The van der Waals surface area contributed by atoms with Gasteiger partial charge in [-0.25, -0.2) is 10.1 Å². The predicted molar refractivity (Wildman–Crippen MR) is 110 cm³/mol. The molecule has 0 fully saturated rings. The zero-order valence-electron chi connectivity index (χ0n) is 15.8. The number of aromatic nitrogens is 2. The fraction of sp³-hybridized carbons (Fsp3) is 0.273. The summed E-state index contributed by atoms with van der Waals surface area (Å²) in [6, 6.07) is 15.4. The second kappa shape index (κ2) is 7.76. The summed E-state index contributed by atoms with van der Waals surface area (Å²) in [7, 11) is 0. The van der Waals surface area contributed by atoms with E-state index in [0.717, 1.165) is 31.4 Å². The van der Waals surface area contributed by atoms with Crippen LogP contribution in [0.2, 0.25) is 0 Å². The monoisotopic (exact) mass is 374 g/mol. The van der Waals surface area contributed by atoms with E-state index in [1.54, 1.807) is 24.3 Å². The second-order valence-electron chi connectivity index (χ2n) is 6.99. The first-order valence-electron chi connectivity index (χ1n) is 9.59. The minimum absolute atomic E-state index is 0.177. The van der Waals surface area contributed by atoms with Crippen molar-refractivity contribution < 1.29 is 4.79 Å². The Morgan fingerprint density at radius 3 is 2.57 bits per heavy atom. The Kier molecular flexibility index (Phi) is 5.02. The lowest BCUT2D eigenvalue weighted by molar-refractivity contribution is 0.0949. The Morgan fingerprint density at radius 2 is 1.79 bits per heavy atom. The third-order valence-electron chi connectivity index (χ3n) is 5.03. The first-order valence-corrected chi connectivity index (χ1v) is 9.59. The number of amides is 1. The molecule has 0 spiro atoms.